The van der Waals surface area contributed by atoms with Gasteiger partial charge in [0.2, 0.25) is 0 Å². The summed E-state index contributed by atoms with van der Waals surface area (Å²) in [5.41, 5.74) is 1.16. The molecule has 0 aliphatic carbocycles. The molecule has 0 heterocycles. The van der Waals surface area contributed by atoms with Crippen LogP contribution in [0.15, 0.2) is 24.4 Å². The third kappa shape index (κ3) is 5.51. The van der Waals surface area contributed by atoms with E-state index in [0.717, 1.165) is 5.70 Å². The van der Waals surface area contributed by atoms with Crippen molar-refractivity contribution in [3.05, 3.63) is 24.4 Å². The van der Waals surface area contributed by atoms with Crippen molar-refractivity contribution < 1.29 is 0 Å². The molecule has 1 nitrogen and oxygen atoms in total. The van der Waals surface area contributed by atoms with E-state index in [-0.39, 0.29) is 0 Å². The molecule has 0 aromatic heterocycles. The Balaban J connectivity index is 3.98. The first-order chi connectivity index (χ1) is 6.28. The highest BCUT2D eigenvalue weighted by molar-refractivity contribution is 5.13. The summed E-state index contributed by atoms with van der Waals surface area (Å²) in [4.78, 5) is 0. The number of hydrogen-bond donors (Lipinski definition) is 1. The van der Waals surface area contributed by atoms with Crippen molar-refractivity contribution in [3.8, 4) is 0 Å². The van der Waals surface area contributed by atoms with Crippen molar-refractivity contribution >= 4 is 0 Å². The summed E-state index contributed by atoms with van der Waals surface area (Å²) >= 11 is 0. The maximum atomic E-state index is 3.77. The van der Waals surface area contributed by atoms with Crippen LogP contribution >= 0.6 is 0 Å². The minimum Gasteiger partial charge on any atom is -0.383 e. The van der Waals surface area contributed by atoms with Gasteiger partial charge in [-0.3, -0.25) is 0 Å². The van der Waals surface area contributed by atoms with E-state index in [1.54, 1.807) is 0 Å². The summed E-state index contributed by atoms with van der Waals surface area (Å²) in [6, 6.07) is 0.624. The molecule has 1 N–H and O–H groups in total. The third-order valence-corrected chi connectivity index (χ3v) is 2.18. The predicted molar refractivity (Wildman–Crippen MR) is 60.7 cm³/mol. The Morgan fingerprint density at radius 1 is 1.31 bits per heavy atom. The Morgan fingerprint density at radius 3 is 2.15 bits per heavy atom. The van der Waals surface area contributed by atoms with E-state index in [1.807, 2.05) is 13.0 Å². The summed E-state index contributed by atoms with van der Waals surface area (Å²) in [6.07, 6.45) is 8.94. The zero-order valence-corrected chi connectivity index (χ0v) is 9.27. The highest BCUT2D eigenvalue weighted by atomic mass is 14.9. The molecule has 0 aromatic carbocycles. The van der Waals surface area contributed by atoms with E-state index in [9.17, 15) is 0 Å². The molecular formula is C12H23N. The van der Waals surface area contributed by atoms with Crippen molar-refractivity contribution in [3.63, 3.8) is 0 Å². The SMILES string of the molecule is C=C/C(=C\C)NC(CCC)CCC. The van der Waals surface area contributed by atoms with Crippen molar-refractivity contribution in [1.82, 2.24) is 5.32 Å². The minimum atomic E-state index is 0.624. The molecule has 0 unspecified atom stereocenters. The van der Waals surface area contributed by atoms with Crippen LogP contribution in [0.2, 0.25) is 0 Å². The number of rotatable bonds is 7. The van der Waals surface area contributed by atoms with Gasteiger partial charge >= 0.3 is 0 Å². The predicted octanol–water partition coefficient (Wildman–Crippen LogP) is 3.63. The lowest BCUT2D eigenvalue weighted by atomic mass is 10.1. The van der Waals surface area contributed by atoms with Gasteiger partial charge in [-0.15, -0.1) is 0 Å². The molecule has 0 rings (SSSR count). The van der Waals surface area contributed by atoms with Crippen LogP contribution in [0.3, 0.4) is 0 Å². The van der Waals surface area contributed by atoms with E-state index in [1.165, 1.54) is 25.7 Å². The van der Waals surface area contributed by atoms with Gasteiger partial charge in [0.15, 0.2) is 0 Å². The molecule has 0 spiro atoms. The summed E-state index contributed by atoms with van der Waals surface area (Å²) in [7, 11) is 0. The Labute approximate surface area is 82.9 Å². The van der Waals surface area contributed by atoms with E-state index < -0.39 is 0 Å². The van der Waals surface area contributed by atoms with Crippen LogP contribution in [-0.2, 0) is 0 Å². The fraction of sp³-hybridized carbons (Fsp3) is 0.667. The molecule has 0 fully saturated rings. The second-order valence-corrected chi connectivity index (χ2v) is 3.37. The van der Waals surface area contributed by atoms with Crippen LogP contribution in [-0.4, -0.2) is 6.04 Å². The van der Waals surface area contributed by atoms with Gasteiger partial charge < -0.3 is 5.32 Å². The monoisotopic (exact) mass is 181 g/mol. The van der Waals surface area contributed by atoms with Crippen LogP contribution in [0.4, 0.5) is 0 Å². The molecule has 0 atom stereocenters. The second-order valence-electron chi connectivity index (χ2n) is 3.37. The van der Waals surface area contributed by atoms with Gasteiger partial charge in [0.25, 0.3) is 0 Å². The molecule has 76 valence electrons. The lowest BCUT2D eigenvalue weighted by Crippen LogP contribution is -2.27. The summed E-state index contributed by atoms with van der Waals surface area (Å²) < 4.78 is 0. The fourth-order valence-electron chi connectivity index (χ4n) is 1.48. The Kier molecular flexibility index (Phi) is 7.47. The first-order valence-electron chi connectivity index (χ1n) is 5.33. The van der Waals surface area contributed by atoms with Crippen LogP contribution in [0, 0.1) is 0 Å². The van der Waals surface area contributed by atoms with Crippen molar-refractivity contribution in [2.75, 3.05) is 0 Å². The van der Waals surface area contributed by atoms with E-state index in [4.69, 9.17) is 0 Å². The molecule has 0 bridgehead atoms. The van der Waals surface area contributed by atoms with Gasteiger partial charge in [0.1, 0.15) is 0 Å². The van der Waals surface area contributed by atoms with Crippen LogP contribution < -0.4 is 5.32 Å². The van der Waals surface area contributed by atoms with Crippen LogP contribution in [0.1, 0.15) is 46.5 Å². The standard InChI is InChI=1S/C12H23N/c1-5-9-12(10-6-2)13-11(7-3)8-4/h7-8,12-13H,3,5-6,9-10H2,1-2,4H3/b11-8+. The van der Waals surface area contributed by atoms with Crippen molar-refractivity contribution in [2.45, 2.75) is 52.5 Å². The quantitative estimate of drug-likeness (QED) is 0.591. The minimum absolute atomic E-state index is 0.624. The lowest BCUT2D eigenvalue weighted by molar-refractivity contribution is 0.486. The second kappa shape index (κ2) is 7.90. The largest absolute Gasteiger partial charge is 0.383 e. The fourth-order valence-corrected chi connectivity index (χ4v) is 1.48. The molecular weight excluding hydrogens is 158 g/mol. The molecule has 13 heavy (non-hydrogen) atoms. The Bertz CT molecular complexity index is 153. The van der Waals surface area contributed by atoms with E-state index >= 15 is 0 Å². The van der Waals surface area contributed by atoms with Crippen LogP contribution in [0.5, 0.6) is 0 Å². The van der Waals surface area contributed by atoms with Gasteiger partial charge in [0, 0.05) is 11.7 Å². The maximum absolute atomic E-state index is 3.77. The summed E-state index contributed by atoms with van der Waals surface area (Å²) in [6.45, 7) is 10.3. The molecule has 0 aromatic rings. The lowest BCUT2D eigenvalue weighted by Gasteiger charge is -2.19. The van der Waals surface area contributed by atoms with Gasteiger partial charge in [-0.1, -0.05) is 39.3 Å². The molecule has 0 radical (unpaired) electrons. The maximum Gasteiger partial charge on any atom is 0.0292 e. The number of hydrogen-bond acceptors (Lipinski definition) is 1. The molecule has 0 saturated heterocycles. The normalized spacial score (nSPS) is 11.8. The van der Waals surface area contributed by atoms with Gasteiger partial charge in [0.05, 0.1) is 0 Å². The highest BCUT2D eigenvalue weighted by Crippen LogP contribution is 2.07. The zero-order valence-electron chi connectivity index (χ0n) is 9.27. The average molecular weight is 181 g/mol. The number of allylic oxidation sites excluding steroid dienone is 2. The van der Waals surface area contributed by atoms with Crippen LogP contribution in [0.25, 0.3) is 0 Å². The van der Waals surface area contributed by atoms with E-state index in [2.05, 4.69) is 31.8 Å². The van der Waals surface area contributed by atoms with Gasteiger partial charge in [-0.2, -0.15) is 0 Å². The molecule has 0 aliphatic heterocycles. The zero-order chi connectivity index (χ0) is 10.1. The first kappa shape index (κ1) is 12.3. The molecule has 0 aliphatic rings. The topological polar surface area (TPSA) is 12.0 Å². The van der Waals surface area contributed by atoms with Crippen molar-refractivity contribution in [1.29, 1.82) is 0 Å². The Morgan fingerprint density at radius 2 is 1.85 bits per heavy atom. The highest BCUT2D eigenvalue weighted by Gasteiger charge is 2.05. The number of nitrogens with one attached hydrogen (secondary N) is 1. The average Bonchev–Trinajstić information content (AvgIpc) is 2.14. The molecule has 0 amide bonds. The van der Waals surface area contributed by atoms with E-state index in [0.29, 0.717) is 6.04 Å². The smallest absolute Gasteiger partial charge is 0.0292 e. The van der Waals surface area contributed by atoms with Gasteiger partial charge in [-0.25, -0.2) is 0 Å². The van der Waals surface area contributed by atoms with Gasteiger partial charge in [-0.05, 0) is 25.8 Å². The van der Waals surface area contributed by atoms with Crippen molar-refractivity contribution in [2.24, 2.45) is 0 Å². The Hall–Kier alpha value is -0.720. The summed E-state index contributed by atoms with van der Waals surface area (Å²) in [5, 5.41) is 3.50. The third-order valence-electron chi connectivity index (χ3n) is 2.18. The molecule has 1 heteroatoms. The first-order valence-corrected chi connectivity index (χ1v) is 5.33. The molecule has 0 saturated carbocycles. The summed E-state index contributed by atoms with van der Waals surface area (Å²) in [5.74, 6) is 0.